The summed E-state index contributed by atoms with van der Waals surface area (Å²) in [5, 5.41) is 1.12. The van der Waals surface area contributed by atoms with Crippen molar-refractivity contribution in [3.05, 3.63) is 36.0 Å². The fourth-order valence-electron chi connectivity index (χ4n) is 4.79. The minimum absolute atomic E-state index is 0.0308. The number of rotatable bonds is 4. The second-order valence-corrected chi connectivity index (χ2v) is 7.32. The van der Waals surface area contributed by atoms with E-state index in [1.54, 1.807) is 7.11 Å². The lowest BCUT2D eigenvalue weighted by atomic mass is 9.72. The van der Waals surface area contributed by atoms with Crippen molar-refractivity contribution < 1.29 is 4.74 Å². The van der Waals surface area contributed by atoms with Crippen molar-refractivity contribution in [1.29, 1.82) is 0 Å². The first-order valence-corrected chi connectivity index (χ1v) is 9.13. The van der Waals surface area contributed by atoms with E-state index in [4.69, 9.17) is 10.5 Å². The number of nitrogens with two attached hydrogens (primary N) is 1. The van der Waals surface area contributed by atoms with Gasteiger partial charge in [0, 0.05) is 30.2 Å². The molecule has 1 aromatic carbocycles. The third kappa shape index (κ3) is 2.58. The van der Waals surface area contributed by atoms with E-state index >= 15 is 0 Å². The Kier molecular flexibility index (Phi) is 4.19. The van der Waals surface area contributed by atoms with E-state index < -0.39 is 0 Å². The number of hydrogen-bond donors (Lipinski definition) is 1. The lowest BCUT2D eigenvalue weighted by Crippen LogP contribution is -2.56. The molecule has 4 heterocycles. The van der Waals surface area contributed by atoms with Crippen LogP contribution in [-0.4, -0.2) is 36.1 Å². The highest BCUT2D eigenvalue weighted by atomic mass is 16.5. The van der Waals surface area contributed by atoms with Crippen LogP contribution in [0.25, 0.3) is 10.9 Å². The zero-order valence-electron chi connectivity index (χ0n) is 14.6. The van der Waals surface area contributed by atoms with Crippen LogP contribution in [0.2, 0.25) is 0 Å². The molecular formula is C20H27N3O. The lowest BCUT2D eigenvalue weighted by molar-refractivity contribution is -0.0105. The molecule has 3 saturated heterocycles. The molecule has 2 bridgehead atoms. The maximum atomic E-state index is 6.79. The fraction of sp³-hybridized carbons (Fsp3) is 0.550. The van der Waals surface area contributed by atoms with E-state index in [2.05, 4.69) is 28.9 Å². The van der Waals surface area contributed by atoms with E-state index in [0.717, 1.165) is 28.5 Å². The van der Waals surface area contributed by atoms with Crippen LogP contribution in [0.3, 0.4) is 0 Å². The van der Waals surface area contributed by atoms with E-state index in [9.17, 15) is 0 Å². The average molecular weight is 325 g/mol. The van der Waals surface area contributed by atoms with Gasteiger partial charge in [0.25, 0.3) is 0 Å². The lowest BCUT2D eigenvalue weighted by Gasteiger charge is -2.51. The molecule has 4 nitrogen and oxygen atoms in total. The summed E-state index contributed by atoms with van der Waals surface area (Å²) < 4.78 is 5.40. The Labute approximate surface area is 144 Å². The molecule has 1 aromatic heterocycles. The number of piperidine rings is 3. The van der Waals surface area contributed by atoms with Gasteiger partial charge in [0.1, 0.15) is 5.75 Å². The number of ether oxygens (including phenoxy) is 1. The summed E-state index contributed by atoms with van der Waals surface area (Å²) in [5.74, 6) is 2.57. The van der Waals surface area contributed by atoms with Crippen LogP contribution < -0.4 is 10.5 Å². The van der Waals surface area contributed by atoms with Gasteiger partial charge in [-0.3, -0.25) is 9.88 Å². The van der Waals surface area contributed by atoms with Gasteiger partial charge >= 0.3 is 0 Å². The largest absolute Gasteiger partial charge is 0.497 e. The van der Waals surface area contributed by atoms with Crippen LogP contribution >= 0.6 is 0 Å². The molecule has 5 rings (SSSR count). The summed E-state index contributed by atoms with van der Waals surface area (Å²) >= 11 is 0. The zero-order chi connectivity index (χ0) is 16.7. The highest BCUT2D eigenvalue weighted by Crippen LogP contribution is 2.42. The standard InChI is InChI=1S/C20H27N3O/c1-3-13-12-23-9-7-14(13)10-19(23)20(21)16-6-8-22-18-5-4-15(24-2)11-17(16)18/h4-6,8,11,13-14,19-20H,3,7,9-10,12,21H2,1-2H3/t13?,14?,19?,20-/m1/s1. The minimum Gasteiger partial charge on any atom is -0.497 e. The summed E-state index contributed by atoms with van der Waals surface area (Å²) in [6, 6.07) is 8.62. The fourth-order valence-corrected chi connectivity index (χ4v) is 4.79. The monoisotopic (exact) mass is 325 g/mol. The maximum absolute atomic E-state index is 6.79. The Morgan fingerprint density at radius 2 is 2.25 bits per heavy atom. The first-order valence-electron chi connectivity index (χ1n) is 9.13. The number of aromatic nitrogens is 1. The molecule has 2 aromatic rings. The molecule has 24 heavy (non-hydrogen) atoms. The first kappa shape index (κ1) is 15.9. The Morgan fingerprint density at radius 3 is 2.96 bits per heavy atom. The summed E-state index contributed by atoms with van der Waals surface area (Å²) in [6.07, 6.45) is 5.74. The molecule has 2 N–H and O–H groups in total. The SMILES string of the molecule is CCC1CN2CCC1CC2[C@H](N)c1ccnc2ccc(OC)cc12. The predicted octanol–water partition coefficient (Wildman–Crippen LogP) is 3.36. The van der Waals surface area contributed by atoms with Gasteiger partial charge < -0.3 is 10.5 Å². The number of nitrogens with zero attached hydrogens (tertiary/aromatic N) is 2. The van der Waals surface area contributed by atoms with Crippen molar-refractivity contribution >= 4 is 10.9 Å². The molecule has 3 aliphatic heterocycles. The van der Waals surface area contributed by atoms with Gasteiger partial charge in [0.2, 0.25) is 0 Å². The maximum Gasteiger partial charge on any atom is 0.119 e. The van der Waals surface area contributed by atoms with Gasteiger partial charge in [0.05, 0.1) is 12.6 Å². The van der Waals surface area contributed by atoms with Gasteiger partial charge in [-0.2, -0.15) is 0 Å². The Balaban J connectivity index is 1.68. The van der Waals surface area contributed by atoms with Gasteiger partial charge in [-0.05, 0) is 61.1 Å². The van der Waals surface area contributed by atoms with Crippen molar-refractivity contribution in [1.82, 2.24) is 9.88 Å². The summed E-state index contributed by atoms with van der Waals surface area (Å²) in [4.78, 5) is 7.12. The van der Waals surface area contributed by atoms with E-state index in [1.165, 1.54) is 37.9 Å². The van der Waals surface area contributed by atoms with Crippen molar-refractivity contribution in [2.45, 2.75) is 38.3 Å². The predicted molar refractivity (Wildman–Crippen MR) is 97.1 cm³/mol. The molecule has 5 atom stereocenters. The number of methoxy groups -OCH3 is 1. The molecule has 4 unspecified atom stereocenters. The van der Waals surface area contributed by atoms with Crippen LogP contribution in [-0.2, 0) is 0 Å². The normalized spacial score (nSPS) is 30.5. The molecule has 3 aliphatic rings. The molecule has 4 heteroatoms. The third-order valence-electron chi connectivity index (χ3n) is 6.22. The van der Waals surface area contributed by atoms with Gasteiger partial charge in [-0.15, -0.1) is 0 Å². The van der Waals surface area contributed by atoms with Crippen LogP contribution in [0.4, 0.5) is 0 Å². The van der Waals surface area contributed by atoms with Gasteiger partial charge in [-0.25, -0.2) is 0 Å². The Morgan fingerprint density at radius 1 is 1.38 bits per heavy atom. The molecule has 0 spiro atoms. The summed E-state index contributed by atoms with van der Waals surface area (Å²) in [6.45, 7) is 4.74. The molecule has 0 saturated carbocycles. The van der Waals surface area contributed by atoms with Crippen LogP contribution in [0.1, 0.15) is 37.8 Å². The molecular weight excluding hydrogens is 298 g/mol. The van der Waals surface area contributed by atoms with Crippen molar-refractivity contribution in [3.8, 4) is 5.75 Å². The number of benzene rings is 1. The van der Waals surface area contributed by atoms with Gasteiger partial charge in [-0.1, -0.05) is 13.3 Å². The van der Waals surface area contributed by atoms with Crippen LogP contribution in [0.15, 0.2) is 30.5 Å². The number of hydrogen-bond acceptors (Lipinski definition) is 4. The molecule has 0 aliphatic carbocycles. The Hall–Kier alpha value is -1.65. The molecule has 0 amide bonds. The molecule has 128 valence electrons. The van der Waals surface area contributed by atoms with Crippen molar-refractivity contribution in [2.75, 3.05) is 20.2 Å². The number of fused-ring (bicyclic) bond motifs is 4. The van der Waals surface area contributed by atoms with Crippen molar-refractivity contribution in [2.24, 2.45) is 17.6 Å². The van der Waals surface area contributed by atoms with Crippen LogP contribution in [0, 0.1) is 11.8 Å². The van der Waals surface area contributed by atoms with E-state index in [1.807, 2.05) is 18.3 Å². The van der Waals surface area contributed by atoms with Crippen LogP contribution in [0.5, 0.6) is 5.75 Å². The second-order valence-electron chi connectivity index (χ2n) is 7.32. The summed E-state index contributed by atoms with van der Waals surface area (Å²) in [5.41, 5.74) is 8.98. The smallest absolute Gasteiger partial charge is 0.119 e. The molecule has 3 fully saturated rings. The van der Waals surface area contributed by atoms with Gasteiger partial charge in [0.15, 0.2) is 0 Å². The Bertz CT molecular complexity index is 732. The van der Waals surface area contributed by atoms with E-state index in [-0.39, 0.29) is 6.04 Å². The van der Waals surface area contributed by atoms with Crippen molar-refractivity contribution in [3.63, 3.8) is 0 Å². The third-order valence-corrected chi connectivity index (χ3v) is 6.22. The zero-order valence-corrected chi connectivity index (χ0v) is 14.6. The number of pyridine rings is 1. The minimum atomic E-state index is 0.0308. The average Bonchev–Trinajstić information content (AvgIpc) is 2.66. The van der Waals surface area contributed by atoms with E-state index in [0.29, 0.717) is 6.04 Å². The topological polar surface area (TPSA) is 51.4 Å². The quantitative estimate of drug-likeness (QED) is 0.936. The molecule has 0 radical (unpaired) electrons. The first-order chi connectivity index (χ1) is 11.7. The summed E-state index contributed by atoms with van der Waals surface area (Å²) in [7, 11) is 1.70. The highest BCUT2D eigenvalue weighted by Gasteiger charge is 2.41. The second kappa shape index (κ2) is 6.34. The highest BCUT2D eigenvalue weighted by molar-refractivity contribution is 5.84.